The second-order valence-corrected chi connectivity index (χ2v) is 5.31. The van der Waals surface area contributed by atoms with Crippen molar-refractivity contribution in [3.8, 4) is 0 Å². The minimum absolute atomic E-state index is 0.304. The highest BCUT2D eigenvalue weighted by Gasteiger charge is 2.24. The molecule has 0 radical (unpaired) electrons. The number of aliphatic carboxylic acids is 1. The molecular weight excluding hydrogens is 202 g/mol. The summed E-state index contributed by atoms with van der Waals surface area (Å²) in [7, 11) is 0. The van der Waals surface area contributed by atoms with Crippen molar-refractivity contribution >= 4 is 5.97 Å². The molecule has 0 aromatic rings. The van der Waals surface area contributed by atoms with Crippen molar-refractivity contribution < 1.29 is 9.90 Å². The molecule has 0 aliphatic heterocycles. The zero-order chi connectivity index (χ0) is 12.0. The van der Waals surface area contributed by atoms with Crippen LogP contribution in [0.25, 0.3) is 0 Å². The minimum atomic E-state index is -0.681. The molecule has 0 aromatic carbocycles. The Kier molecular flexibility index (Phi) is 5.81. The van der Waals surface area contributed by atoms with Gasteiger partial charge in [0.25, 0.3) is 0 Å². The van der Waals surface area contributed by atoms with Crippen LogP contribution in [0.2, 0.25) is 0 Å². The third-order valence-corrected chi connectivity index (χ3v) is 3.66. The van der Waals surface area contributed by atoms with Gasteiger partial charge in [0.1, 0.15) is 0 Å². The van der Waals surface area contributed by atoms with Crippen molar-refractivity contribution in [3.05, 3.63) is 0 Å². The van der Waals surface area contributed by atoms with Crippen LogP contribution in [0.3, 0.4) is 0 Å². The van der Waals surface area contributed by atoms with E-state index in [1.54, 1.807) is 0 Å². The molecule has 16 heavy (non-hydrogen) atoms. The molecule has 0 heterocycles. The van der Waals surface area contributed by atoms with E-state index in [0.717, 1.165) is 31.2 Å². The first-order valence-corrected chi connectivity index (χ1v) is 6.54. The largest absolute Gasteiger partial charge is 0.481 e. The molecule has 0 saturated heterocycles. The SMILES string of the molecule is CC1CCC(NCCCCC(=O)O)C(C)C1. The fourth-order valence-electron chi connectivity index (χ4n) is 2.66. The lowest BCUT2D eigenvalue weighted by Gasteiger charge is -2.33. The molecule has 1 rings (SSSR count). The second-order valence-electron chi connectivity index (χ2n) is 5.31. The smallest absolute Gasteiger partial charge is 0.303 e. The molecule has 1 fully saturated rings. The van der Waals surface area contributed by atoms with E-state index in [-0.39, 0.29) is 0 Å². The highest BCUT2D eigenvalue weighted by Crippen LogP contribution is 2.28. The Labute approximate surface area is 98.6 Å². The van der Waals surface area contributed by atoms with Gasteiger partial charge in [-0.1, -0.05) is 13.8 Å². The summed E-state index contributed by atoms with van der Waals surface area (Å²) in [4.78, 5) is 10.3. The van der Waals surface area contributed by atoms with Gasteiger partial charge in [-0.15, -0.1) is 0 Å². The fraction of sp³-hybridized carbons (Fsp3) is 0.923. The number of rotatable bonds is 6. The average molecular weight is 227 g/mol. The average Bonchev–Trinajstić information content (AvgIpc) is 2.20. The van der Waals surface area contributed by atoms with Crippen LogP contribution in [-0.4, -0.2) is 23.7 Å². The lowest BCUT2D eigenvalue weighted by molar-refractivity contribution is -0.137. The van der Waals surface area contributed by atoms with Gasteiger partial charge in [-0.25, -0.2) is 0 Å². The van der Waals surface area contributed by atoms with Crippen LogP contribution in [0.5, 0.6) is 0 Å². The van der Waals surface area contributed by atoms with E-state index in [0.29, 0.717) is 12.5 Å². The van der Waals surface area contributed by atoms with E-state index in [1.807, 2.05) is 0 Å². The Hall–Kier alpha value is -0.570. The lowest BCUT2D eigenvalue weighted by atomic mass is 9.80. The summed E-state index contributed by atoms with van der Waals surface area (Å²) in [6.07, 6.45) is 6.01. The van der Waals surface area contributed by atoms with Gasteiger partial charge >= 0.3 is 5.97 Å². The first-order chi connectivity index (χ1) is 7.59. The van der Waals surface area contributed by atoms with Crippen LogP contribution < -0.4 is 5.32 Å². The number of carboxylic acid groups (broad SMARTS) is 1. The standard InChI is InChI=1S/C13H25NO2/c1-10-6-7-12(11(2)9-10)14-8-4-3-5-13(15)16/h10-12,14H,3-9H2,1-2H3,(H,15,16). The van der Waals surface area contributed by atoms with Crippen LogP contribution in [0.4, 0.5) is 0 Å². The molecule has 0 spiro atoms. The predicted molar refractivity (Wildman–Crippen MR) is 65.5 cm³/mol. The van der Waals surface area contributed by atoms with E-state index in [9.17, 15) is 4.79 Å². The van der Waals surface area contributed by atoms with E-state index in [4.69, 9.17) is 5.11 Å². The summed E-state index contributed by atoms with van der Waals surface area (Å²) in [6, 6.07) is 0.654. The number of hydrogen-bond donors (Lipinski definition) is 2. The summed E-state index contributed by atoms with van der Waals surface area (Å²) in [5.41, 5.74) is 0. The van der Waals surface area contributed by atoms with Crippen LogP contribution in [0.1, 0.15) is 52.4 Å². The van der Waals surface area contributed by atoms with Gasteiger partial charge < -0.3 is 10.4 Å². The number of nitrogens with one attached hydrogen (secondary N) is 1. The van der Waals surface area contributed by atoms with E-state index in [1.165, 1.54) is 19.3 Å². The third-order valence-electron chi connectivity index (χ3n) is 3.66. The zero-order valence-electron chi connectivity index (χ0n) is 10.5. The zero-order valence-corrected chi connectivity index (χ0v) is 10.5. The van der Waals surface area contributed by atoms with Gasteiger partial charge in [-0.3, -0.25) is 4.79 Å². The molecule has 3 atom stereocenters. The van der Waals surface area contributed by atoms with E-state index >= 15 is 0 Å². The van der Waals surface area contributed by atoms with Crippen molar-refractivity contribution in [1.29, 1.82) is 0 Å². The third kappa shape index (κ3) is 4.97. The van der Waals surface area contributed by atoms with E-state index in [2.05, 4.69) is 19.2 Å². The summed E-state index contributed by atoms with van der Waals surface area (Å²) >= 11 is 0. The molecular formula is C13H25NO2. The first kappa shape index (κ1) is 13.5. The van der Waals surface area contributed by atoms with Crippen molar-refractivity contribution in [2.75, 3.05) is 6.54 Å². The maximum Gasteiger partial charge on any atom is 0.303 e. The topological polar surface area (TPSA) is 49.3 Å². The fourth-order valence-corrected chi connectivity index (χ4v) is 2.66. The number of carbonyl (C=O) groups is 1. The molecule has 0 bridgehead atoms. The van der Waals surface area contributed by atoms with Crippen LogP contribution in [-0.2, 0) is 4.79 Å². The molecule has 1 saturated carbocycles. The Morgan fingerprint density at radius 3 is 2.69 bits per heavy atom. The van der Waals surface area contributed by atoms with Gasteiger partial charge in [-0.05, 0) is 50.5 Å². The summed E-state index contributed by atoms with van der Waals surface area (Å²) in [6.45, 7) is 5.63. The quantitative estimate of drug-likeness (QED) is 0.686. The van der Waals surface area contributed by atoms with Crippen molar-refractivity contribution in [3.63, 3.8) is 0 Å². The van der Waals surface area contributed by atoms with E-state index < -0.39 is 5.97 Å². The van der Waals surface area contributed by atoms with Gasteiger partial charge in [0.15, 0.2) is 0 Å². The van der Waals surface area contributed by atoms with Gasteiger partial charge in [0, 0.05) is 12.5 Å². The van der Waals surface area contributed by atoms with Crippen molar-refractivity contribution in [2.24, 2.45) is 11.8 Å². The first-order valence-electron chi connectivity index (χ1n) is 6.54. The Bertz CT molecular complexity index is 218. The highest BCUT2D eigenvalue weighted by atomic mass is 16.4. The molecule has 0 amide bonds. The molecule has 0 aromatic heterocycles. The molecule has 3 nitrogen and oxygen atoms in total. The maximum atomic E-state index is 10.3. The van der Waals surface area contributed by atoms with Crippen LogP contribution >= 0.6 is 0 Å². The number of unbranched alkanes of at least 4 members (excludes halogenated alkanes) is 1. The van der Waals surface area contributed by atoms with Crippen molar-refractivity contribution in [2.45, 2.75) is 58.4 Å². The summed E-state index contributed by atoms with van der Waals surface area (Å²) in [5.74, 6) is 0.961. The summed E-state index contributed by atoms with van der Waals surface area (Å²) < 4.78 is 0. The predicted octanol–water partition coefficient (Wildman–Crippen LogP) is 2.66. The van der Waals surface area contributed by atoms with Gasteiger partial charge in [0.05, 0.1) is 0 Å². The lowest BCUT2D eigenvalue weighted by Crippen LogP contribution is -2.39. The maximum absolute atomic E-state index is 10.3. The monoisotopic (exact) mass is 227 g/mol. The molecule has 1 aliphatic rings. The molecule has 3 unspecified atom stereocenters. The second kappa shape index (κ2) is 6.89. The number of carboxylic acids is 1. The van der Waals surface area contributed by atoms with Gasteiger partial charge in [-0.2, -0.15) is 0 Å². The Morgan fingerprint density at radius 2 is 2.06 bits per heavy atom. The molecule has 1 aliphatic carbocycles. The Balaban J connectivity index is 2.06. The number of hydrogen-bond acceptors (Lipinski definition) is 2. The molecule has 94 valence electrons. The van der Waals surface area contributed by atoms with Crippen LogP contribution in [0, 0.1) is 11.8 Å². The van der Waals surface area contributed by atoms with Crippen molar-refractivity contribution in [1.82, 2.24) is 5.32 Å². The Morgan fingerprint density at radius 1 is 1.31 bits per heavy atom. The molecule has 3 heteroatoms. The normalized spacial score (nSPS) is 30.2. The minimum Gasteiger partial charge on any atom is -0.481 e. The summed E-state index contributed by atoms with van der Waals surface area (Å²) in [5, 5.41) is 12.1. The van der Waals surface area contributed by atoms with Gasteiger partial charge in [0.2, 0.25) is 0 Å². The molecule has 2 N–H and O–H groups in total. The van der Waals surface area contributed by atoms with Crippen LogP contribution in [0.15, 0.2) is 0 Å². The highest BCUT2D eigenvalue weighted by molar-refractivity contribution is 5.66.